The van der Waals surface area contributed by atoms with Crippen LogP contribution < -0.4 is 5.32 Å². The maximum Gasteiger partial charge on any atom is 0.410 e. The van der Waals surface area contributed by atoms with Gasteiger partial charge in [-0.3, -0.25) is 4.79 Å². The summed E-state index contributed by atoms with van der Waals surface area (Å²) in [6.07, 6.45) is 2.85. The van der Waals surface area contributed by atoms with Gasteiger partial charge in [-0.15, -0.1) is 0 Å². The second-order valence-electron chi connectivity index (χ2n) is 6.91. The zero-order valence-electron chi connectivity index (χ0n) is 12.3. The molecule has 2 aliphatic rings. The van der Waals surface area contributed by atoms with Crippen molar-refractivity contribution in [1.29, 1.82) is 0 Å². The molecule has 1 saturated heterocycles. The second-order valence-corrected chi connectivity index (χ2v) is 6.91. The van der Waals surface area contributed by atoms with Crippen LogP contribution in [-0.2, 0) is 9.53 Å². The van der Waals surface area contributed by atoms with Gasteiger partial charge in [0.15, 0.2) is 0 Å². The molecule has 2 unspecified atom stereocenters. The number of ether oxygens (including phenoxy) is 1. The summed E-state index contributed by atoms with van der Waals surface area (Å²) in [4.78, 5) is 25.1. The first-order chi connectivity index (χ1) is 8.71. The van der Waals surface area contributed by atoms with E-state index >= 15 is 0 Å². The van der Waals surface area contributed by atoms with Crippen molar-refractivity contribution in [2.45, 2.75) is 58.6 Å². The fourth-order valence-corrected chi connectivity index (χ4v) is 3.14. The van der Waals surface area contributed by atoms with Gasteiger partial charge in [0, 0.05) is 31.5 Å². The molecule has 1 N–H and O–H groups in total. The Morgan fingerprint density at radius 1 is 1.42 bits per heavy atom. The van der Waals surface area contributed by atoms with Crippen LogP contribution in [0.25, 0.3) is 0 Å². The fourth-order valence-electron chi connectivity index (χ4n) is 3.14. The van der Waals surface area contributed by atoms with Crippen LogP contribution in [0.4, 0.5) is 4.79 Å². The molecule has 0 aromatic rings. The summed E-state index contributed by atoms with van der Waals surface area (Å²) in [6, 6.07) is 0.281. The number of piperidine rings is 1. The molecule has 2 fully saturated rings. The number of likely N-dealkylation sites (tertiary alicyclic amines) is 1. The smallest absolute Gasteiger partial charge is 0.410 e. The summed E-state index contributed by atoms with van der Waals surface area (Å²) in [5, 5.41) is 2.90. The normalized spacial score (nSPS) is 29.5. The Labute approximate surface area is 114 Å². The lowest BCUT2D eigenvalue weighted by Crippen LogP contribution is -2.45. The number of hydrogen-bond acceptors (Lipinski definition) is 3. The molecule has 0 spiro atoms. The monoisotopic (exact) mass is 268 g/mol. The number of hydrogen-bond donors (Lipinski definition) is 1. The SMILES string of the molecule is CC(=O)NCC12CCC(C1)N(C(=O)OC(C)(C)C)C2. The molecule has 1 saturated carbocycles. The molecule has 19 heavy (non-hydrogen) atoms. The Morgan fingerprint density at radius 2 is 2.11 bits per heavy atom. The Hall–Kier alpha value is -1.26. The number of rotatable bonds is 2. The molecule has 0 aromatic heterocycles. The molecule has 0 radical (unpaired) electrons. The van der Waals surface area contributed by atoms with E-state index in [0.717, 1.165) is 19.3 Å². The molecule has 2 rings (SSSR count). The van der Waals surface area contributed by atoms with E-state index in [0.29, 0.717) is 13.1 Å². The Balaban J connectivity index is 1.97. The summed E-state index contributed by atoms with van der Waals surface area (Å²) in [5.74, 6) is -0.00598. The van der Waals surface area contributed by atoms with E-state index in [1.807, 2.05) is 25.7 Å². The van der Waals surface area contributed by atoms with E-state index in [-0.39, 0.29) is 23.5 Å². The minimum atomic E-state index is -0.455. The predicted octanol–water partition coefficient (Wildman–Crippen LogP) is 1.91. The highest BCUT2D eigenvalue weighted by atomic mass is 16.6. The van der Waals surface area contributed by atoms with Crippen molar-refractivity contribution in [3.05, 3.63) is 0 Å². The van der Waals surface area contributed by atoms with E-state index in [1.165, 1.54) is 6.92 Å². The van der Waals surface area contributed by atoms with Crippen molar-refractivity contribution in [2.75, 3.05) is 13.1 Å². The molecular formula is C14H24N2O3. The third-order valence-corrected chi connectivity index (χ3v) is 3.96. The Morgan fingerprint density at radius 3 is 2.68 bits per heavy atom. The van der Waals surface area contributed by atoms with Gasteiger partial charge in [-0.05, 0) is 40.0 Å². The van der Waals surface area contributed by atoms with Gasteiger partial charge in [0.2, 0.25) is 5.91 Å². The van der Waals surface area contributed by atoms with Crippen molar-refractivity contribution < 1.29 is 14.3 Å². The molecule has 108 valence electrons. The first-order valence-corrected chi connectivity index (χ1v) is 6.95. The summed E-state index contributed by atoms with van der Waals surface area (Å²) in [7, 11) is 0. The van der Waals surface area contributed by atoms with Crippen molar-refractivity contribution in [2.24, 2.45) is 5.41 Å². The second kappa shape index (κ2) is 4.69. The van der Waals surface area contributed by atoms with Crippen LogP contribution in [0.3, 0.4) is 0 Å². The lowest BCUT2D eigenvalue weighted by molar-refractivity contribution is -0.119. The van der Waals surface area contributed by atoms with Gasteiger partial charge in [-0.1, -0.05) is 0 Å². The summed E-state index contributed by atoms with van der Waals surface area (Å²) in [6.45, 7) is 8.54. The summed E-state index contributed by atoms with van der Waals surface area (Å²) >= 11 is 0. The van der Waals surface area contributed by atoms with Gasteiger partial charge >= 0.3 is 6.09 Å². The lowest BCUT2D eigenvalue weighted by Gasteiger charge is -2.33. The van der Waals surface area contributed by atoms with Gasteiger partial charge in [0.25, 0.3) is 0 Å². The molecule has 5 heteroatoms. The number of fused-ring (bicyclic) bond motifs is 2. The van der Waals surface area contributed by atoms with Crippen LogP contribution in [0.2, 0.25) is 0 Å². The van der Waals surface area contributed by atoms with Gasteiger partial charge in [0.05, 0.1) is 0 Å². The van der Waals surface area contributed by atoms with Crippen molar-refractivity contribution >= 4 is 12.0 Å². The lowest BCUT2D eigenvalue weighted by atomic mass is 9.87. The third-order valence-electron chi connectivity index (χ3n) is 3.96. The third kappa shape index (κ3) is 3.19. The topological polar surface area (TPSA) is 58.6 Å². The summed E-state index contributed by atoms with van der Waals surface area (Å²) < 4.78 is 5.44. The average molecular weight is 268 g/mol. The minimum absolute atomic E-state index is 0.00598. The first-order valence-electron chi connectivity index (χ1n) is 6.95. The number of nitrogens with one attached hydrogen (secondary N) is 1. The molecule has 2 bridgehead atoms. The van der Waals surface area contributed by atoms with E-state index < -0.39 is 5.60 Å². The van der Waals surface area contributed by atoms with Crippen molar-refractivity contribution in [1.82, 2.24) is 10.2 Å². The van der Waals surface area contributed by atoms with Crippen molar-refractivity contribution in [3.63, 3.8) is 0 Å². The maximum atomic E-state index is 12.1. The van der Waals surface area contributed by atoms with Crippen LogP contribution in [-0.4, -0.2) is 41.6 Å². The molecule has 1 heterocycles. The van der Waals surface area contributed by atoms with Crippen LogP contribution in [0.1, 0.15) is 47.0 Å². The Bertz CT molecular complexity index is 389. The summed E-state index contributed by atoms with van der Waals surface area (Å²) in [5.41, 5.74) is -0.392. The molecule has 2 amide bonds. The maximum absolute atomic E-state index is 12.1. The molecular weight excluding hydrogens is 244 g/mol. The standard InChI is InChI=1S/C14H24N2O3/c1-10(17)15-8-14-6-5-11(7-14)16(9-14)12(18)19-13(2,3)4/h11H,5-9H2,1-4H3,(H,15,17). The zero-order chi connectivity index (χ0) is 14.3. The highest BCUT2D eigenvalue weighted by Crippen LogP contribution is 2.47. The van der Waals surface area contributed by atoms with Crippen molar-refractivity contribution in [3.8, 4) is 0 Å². The highest BCUT2D eigenvalue weighted by Gasteiger charge is 2.51. The molecule has 2 atom stereocenters. The van der Waals surface area contributed by atoms with Gasteiger partial charge in [0.1, 0.15) is 5.60 Å². The number of amides is 2. The van der Waals surface area contributed by atoms with Crippen LogP contribution in [0, 0.1) is 5.41 Å². The van der Waals surface area contributed by atoms with Crippen LogP contribution in [0.5, 0.6) is 0 Å². The highest BCUT2D eigenvalue weighted by molar-refractivity contribution is 5.73. The van der Waals surface area contributed by atoms with Gasteiger partial charge in [-0.2, -0.15) is 0 Å². The predicted molar refractivity (Wildman–Crippen MR) is 71.7 cm³/mol. The van der Waals surface area contributed by atoms with E-state index in [2.05, 4.69) is 5.32 Å². The first kappa shape index (κ1) is 14.2. The van der Waals surface area contributed by atoms with E-state index in [9.17, 15) is 9.59 Å². The minimum Gasteiger partial charge on any atom is -0.444 e. The van der Waals surface area contributed by atoms with Crippen LogP contribution in [0.15, 0.2) is 0 Å². The molecule has 1 aliphatic carbocycles. The van der Waals surface area contributed by atoms with Gasteiger partial charge < -0.3 is 15.0 Å². The van der Waals surface area contributed by atoms with Gasteiger partial charge in [-0.25, -0.2) is 4.79 Å². The number of nitrogens with zero attached hydrogens (tertiary/aromatic N) is 1. The molecule has 0 aromatic carbocycles. The van der Waals surface area contributed by atoms with E-state index in [1.54, 1.807) is 0 Å². The molecule has 1 aliphatic heterocycles. The molecule has 5 nitrogen and oxygen atoms in total. The number of carbonyl (C=O) groups is 2. The fraction of sp³-hybridized carbons (Fsp3) is 0.857. The quantitative estimate of drug-likeness (QED) is 0.832. The average Bonchev–Trinajstić information content (AvgIpc) is 2.82. The van der Waals surface area contributed by atoms with E-state index in [4.69, 9.17) is 4.74 Å². The number of carbonyl (C=O) groups excluding carboxylic acids is 2. The largest absolute Gasteiger partial charge is 0.444 e. The van der Waals surface area contributed by atoms with Crippen LogP contribution >= 0.6 is 0 Å². The Kier molecular flexibility index (Phi) is 3.49. The zero-order valence-corrected chi connectivity index (χ0v) is 12.3.